The second-order valence-corrected chi connectivity index (χ2v) is 8.20. The van der Waals surface area contributed by atoms with Crippen molar-refractivity contribution < 1.29 is 0 Å². The Kier molecular flexibility index (Phi) is 5.03. The van der Waals surface area contributed by atoms with E-state index in [1.54, 1.807) is 10.4 Å². The minimum absolute atomic E-state index is 0.678. The molecule has 1 fully saturated rings. The number of fused-ring (bicyclic) bond motifs is 1. The van der Waals surface area contributed by atoms with Crippen molar-refractivity contribution in [2.45, 2.75) is 71.0 Å². The first-order valence-corrected chi connectivity index (χ1v) is 9.62. The largest absolute Gasteiger partial charge is 0.311 e. The summed E-state index contributed by atoms with van der Waals surface area (Å²) < 4.78 is 0. The van der Waals surface area contributed by atoms with E-state index in [0.717, 1.165) is 5.92 Å². The first-order chi connectivity index (χ1) is 10.2. The van der Waals surface area contributed by atoms with E-state index in [9.17, 15) is 0 Å². The fourth-order valence-electron chi connectivity index (χ4n) is 4.18. The van der Waals surface area contributed by atoms with Crippen molar-refractivity contribution in [2.24, 2.45) is 5.92 Å². The van der Waals surface area contributed by atoms with Crippen molar-refractivity contribution in [1.29, 1.82) is 0 Å². The highest BCUT2D eigenvalue weighted by Gasteiger charge is 2.35. The quantitative estimate of drug-likeness (QED) is 0.896. The van der Waals surface area contributed by atoms with Crippen LogP contribution in [0.4, 0.5) is 0 Å². The molecule has 2 aliphatic rings. The van der Waals surface area contributed by atoms with Gasteiger partial charge in [-0.2, -0.15) is 0 Å². The Balaban J connectivity index is 1.78. The highest BCUT2D eigenvalue weighted by Crippen LogP contribution is 2.39. The van der Waals surface area contributed by atoms with Crippen LogP contribution >= 0.6 is 11.3 Å². The minimum atomic E-state index is 0.678. The smallest absolute Gasteiger partial charge is 0.0363 e. The molecule has 1 saturated heterocycles. The molecule has 0 bridgehead atoms. The normalized spacial score (nSPS) is 30.6. The molecule has 21 heavy (non-hydrogen) atoms. The van der Waals surface area contributed by atoms with Crippen LogP contribution in [0.1, 0.15) is 62.9 Å². The Morgan fingerprint density at radius 1 is 1.43 bits per heavy atom. The number of piperazine rings is 1. The maximum atomic E-state index is 3.80. The molecule has 1 aliphatic heterocycles. The van der Waals surface area contributed by atoms with E-state index < -0.39 is 0 Å². The lowest BCUT2D eigenvalue weighted by molar-refractivity contribution is 0.0647. The van der Waals surface area contributed by atoms with Gasteiger partial charge in [0.1, 0.15) is 0 Å². The van der Waals surface area contributed by atoms with Gasteiger partial charge in [0, 0.05) is 36.1 Å². The number of aryl methyl sites for hydroxylation is 1. The van der Waals surface area contributed by atoms with Gasteiger partial charge in [-0.15, -0.1) is 11.3 Å². The van der Waals surface area contributed by atoms with E-state index >= 15 is 0 Å². The van der Waals surface area contributed by atoms with Crippen LogP contribution in [0.5, 0.6) is 0 Å². The van der Waals surface area contributed by atoms with Crippen molar-refractivity contribution in [1.82, 2.24) is 10.2 Å². The molecule has 3 rings (SSSR count). The second kappa shape index (κ2) is 6.80. The molecular weight excluding hydrogens is 276 g/mol. The molecule has 2 heterocycles. The third-order valence-corrected chi connectivity index (χ3v) is 6.19. The molecule has 0 amide bonds. The van der Waals surface area contributed by atoms with Crippen molar-refractivity contribution >= 4 is 11.3 Å². The third kappa shape index (κ3) is 3.35. The average molecular weight is 307 g/mol. The van der Waals surface area contributed by atoms with Crippen LogP contribution in [0.2, 0.25) is 0 Å². The fraction of sp³-hybridized carbons (Fsp3) is 0.778. The van der Waals surface area contributed by atoms with Crippen LogP contribution in [0, 0.1) is 5.92 Å². The van der Waals surface area contributed by atoms with E-state index in [0.29, 0.717) is 18.1 Å². The summed E-state index contributed by atoms with van der Waals surface area (Å²) in [6.07, 6.45) is 6.59. The Hall–Kier alpha value is -0.380. The first-order valence-electron chi connectivity index (χ1n) is 8.74. The molecule has 2 nitrogen and oxygen atoms in total. The lowest BCUT2D eigenvalue weighted by atomic mass is 9.89. The summed E-state index contributed by atoms with van der Waals surface area (Å²) in [7, 11) is 0. The third-order valence-electron chi connectivity index (χ3n) is 5.19. The zero-order valence-corrected chi connectivity index (χ0v) is 14.6. The Bertz CT molecular complexity index is 454. The van der Waals surface area contributed by atoms with Gasteiger partial charge in [0.05, 0.1) is 0 Å². The zero-order chi connectivity index (χ0) is 14.8. The van der Waals surface area contributed by atoms with Gasteiger partial charge in [0.25, 0.3) is 0 Å². The summed E-state index contributed by atoms with van der Waals surface area (Å²) in [6.45, 7) is 9.44. The maximum Gasteiger partial charge on any atom is 0.0363 e. The maximum absolute atomic E-state index is 3.80. The van der Waals surface area contributed by atoms with Crippen LogP contribution in [0.15, 0.2) is 11.4 Å². The number of nitrogens with zero attached hydrogens (tertiary/aromatic N) is 1. The molecular formula is C18H30N2S. The van der Waals surface area contributed by atoms with Crippen LogP contribution < -0.4 is 5.32 Å². The van der Waals surface area contributed by atoms with Gasteiger partial charge in [-0.25, -0.2) is 0 Å². The predicted molar refractivity (Wildman–Crippen MR) is 92.0 cm³/mol. The molecule has 1 N–H and O–H groups in total. The summed E-state index contributed by atoms with van der Waals surface area (Å²) in [5, 5.41) is 6.10. The summed E-state index contributed by atoms with van der Waals surface area (Å²) in [5.41, 5.74) is 1.65. The van der Waals surface area contributed by atoms with Gasteiger partial charge < -0.3 is 5.32 Å². The van der Waals surface area contributed by atoms with Crippen LogP contribution in [-0.2, 0) is 6.42 Å². The van der Waals surface area contributed by atoms with Gasteiger partial charge in [-0.3, -0.25) is 4.90 Å². The van der Waals surface area contributed by atoms with Gasteiger partial charge >= 0.3 is 0 Å². The van der Waals surface area contributed by atoms with E-state index in [2.05, 4.69) is 42.4 Å². The number of thiophene rings is 1. The summed E-state index contributed by atoms with van der Waals surface area (Å²) in [4.78, 5) is 4.49. The highest BCUT2D eigenvalue weighted by molar-refractivity contribution is 7.10. The van der Waals surface area contributed by atoms with Gasteiger partial charge in [0.2, 0.25) is 0 Å². The molecule has 3 heteroatoms. The SMILES string of the molecule is CCC1CNC(CC(C)C)CN1C1CCCc2sccc21. The molecule has 0 aromatic carbocycles. The average Bonchev–Trinajstić information content (AvgIpc) is 2.95. The summed E-state index contributed by atoms with van der Waals surface area (Å²) in [5.74, 6) is 0.783. The molecule has 1 aromatic rings. The van der Waals surface area contributed by atoms with Crippen molar-refractivity contribution in [3.63, 3.8) is 0 Å². The fourth-order valence-corrected chi connectivity index (χ4v) is 5.16. The second-order valence-electron chi connectivity index (χ2n) is 7.20. The molecule has 1 aromatic heterocycles. The van der Waals surface area contributed by atoms with Crippen molar-refractivity contribution in [3.05, 3.63) is 21.9 Å². The minimum Gasteiger partial charge on any atom is -0.311 e. The van der Waals surface area contributed by atoms with Crippen molar-refractivity contribution in [2.75, 3.05) is 13.1 Å². The number of hydrogen-bond acceptors (Lipinski definition) is 3. The van der Waals surface area contributed by atoms with E-state index in [1.165, 1.54) is 45.2 Å². The van der Waals surface area contributed by atoms with Crippen LogP contribution in [0.3, 0.4) is 0 Å². The molecule has 1 aliphatic carbocycles. The van der Waals surface area contributed by atoms with Crippen LogP contribution in [0.25, 0.3) is 0 Å². The van der Waals surface area contributed by atoms with Gasteiger partial charge in [-0.1, -0.05) is 20.8 Å². The van der Waals surface area contributed by atoms with Crippen molar-refractivity contribution in [3.8, 4) is 0 Å². The number of nitrogens with one attached hydrogen (secondary N) is 1. The van der Waals surface area contributed by atoms with Crippen LogP contribution in [-0.4, -0.2) is 30.1 Å². The molecule has 3 unspecified atom stereocenters. The highest BCUT2D eigenvalue weighted by atomic mass is 32.1. The van der Waals surface area contributed by atoms with Gasteiger partial charge in [0.15, 0.2) is 0 Å². The summed E-state index contributed by atoms with van der Waals surface area (Å²) in [6, 6.07) is 4.47. The topological polar surface area (TPSA) is 15.3 Å². The lowest BCUT2D eigenvalue weighted by Gasteiger charge is -2.46. The first kappa shape index (κ1) is 15.5. The lowest BCUT2D eigenvalue weighted by Crippen LogP contribution is -2.57. The predicted octanol–water partition coefficient (Wildman–Crippen LogP) is 4.22. The van der Waals surface area contributed by atoms with E-state index in [-0.39, 0.29) is 0 Å². The van der Waals surface area contributed by atoms with E-state index in [4.69, 9.17) is 0 Å². The number of rotatable bonds is 4. The molecule has 0 radical (unpaired) electrons. The molecule has 0 saturated carbocycles. The molecule has 118 valence electrons. The summed E-state index contributed by atoms with van der Waals surface area (Å²) >= 11 is 1.97. The molecule has 3 atom stereocenters. The van der Waals surface area contributed by atoms with E-state index in [1.807, 2.05) is 11.3 Å². The Labute approximate surface area is 133 Å². The standard InChI is InChI=1S/C18H30N2S/c1-4-15-11-19-14(10-13(2)3)12-20(15)17-6-5-7-18-16(17)8-9-21-18/h8-9,13-15,17,19H,4-7,10-12H2,1-3H3. The molecule has 0 spiro atoms. The Morgan fingerprint density at radius 2 is 2.29 bits per heavy atom. The van der Waals surface area contributed by atoms with Gasteiger partial charge in [-0.05, 0) is 55.0 Å². The Morgan fingerprint density at radius 3 is 3.05 bits per heavy atom. The number of hydrogen-bond donors (Lipinski definition) is 1. The monoisotopic (exact) mass is 306 g/mol. The zero-order valence-electron chi connectivity index (χ0n) is 13.8.